The number of rotatable bonds is 3. The monoisotopic (exact) mass is 283 g/mol. The molecule has 0 bridgehead atoms. The quantitative estimate of drug-likeness (QED) is 0.578. The summed E-state index contributed by atoms with van der Waals surface area (Å²) in [4.78, 5) is 22.5. The van der Waals surface area contributed by atoms with Crippen LogP contribution in [0.3, 0.4) is 0 Å². The van der Waals surface area contributed by atoms with Crippen LogP contribution in [-0.2, 0) is 0 Å². The van der Waals surface area contributed by atoms with Gasteiger partial charge in [0.05, 0.1) is 11.1 Å². The van der Waals surface area contributed by atoms with Gasteiger partial charge >= 0.3 is 5.69 Å². The van der Waals surface area contributed by atoms with Gasteiger partial charge in [0, 0.05) is 24.0 Å². The molecule has 0 unspecified atom stereocenters. The third kappa shape index (κ3) is 2.29. The Morgan fingerprint density at radius 2 is 2.00 bits per heavy atom. The van der Waals surface area contributed by atoms with Gasteiger partial charge < -0.3 is 10.2 Å². The fraction of sp³-hybridized carbons (Fsp3) is 0. The first-order chi connectivity index (χ1) is 10.2. The zero-order valence-electron chi connectivity index (χ0n) is 10.6. The van der Waals surface area contributed by atoms with Crippen LogP contribution < -0.4 is 5.73 Å². The van der Waals surface area contributed by atoms with Crippen molar-refractivity contribution in [3.63, 3.8) is 0 Å². The highest BCUT2D eigenvalue weighted by molar-refractivity contribution is 5.81. The summed E-state index contributed by atoms with van der Waals surface area (Å²) in [6.45, 7) is 0. The van der Waals surface area contributed by atoms with E-state index in [2.05, 4.69) is 15.0 Å². The summed E-state index contributed by atoms with van der Waals surface area (Å²) in [6, 6.07) is 4.78. The molecular weight excluding hydrogens is 274 g/mol. The Labute approximate surface area is 118 Å². The minimum Gasteiger partial charge on any atom is -0.443 e. The molecule has 104 valence electrons. The smallest absolute Gasteiger partial charge is 0.311 e. The topological polar surface area (TPSA) is 121 Å². The summed E-state index contributed by atoms with van der Waals surface area (Å²) in [7, 11) is 0. The second-order valence-electron chi connectivity index (χ2n) is 4.12. The van der Waals surface area contributed by atoms with E-state index in [-0.39, 0.29) is 17.4 Å². The van der Waals surface area contributed by atoms with E-state index in [1.165, 1.54) is 18.5 Å². The molecular formula is C13H9N5O3. The Hall–Kier alpha value is -3.29. The predicted octanol–water partition coefficient (Wildman–Crippen LogP) is 2.29. The molecule has 0 amide bonds. The molecule has 0 fully saturated rings. The van der Waals surface area contributed by atoms with E-state index in [0.29, 0.717) is 16.8 Å². The molecule has 0 saturated carbocycles. The van der Waals surface area contributed by atoms with Crippen LogP contribution in [0.15, 0.2) is 47.5 Å². The number of oxazole rings is 1. The maximum absolute atomic E-state index is 11.0. The Bertz CT molecular complexity index is 787. The fourth-order valence-electron chi connectivity index (χ4n) is 1.92. The number of nitro groups is 1. The van der Waals surface area contributed by atoms with Crippen LogP contribution in [-0.4, -0.2) is 19.9 Å². The summed E-state index contributed by atoms with van der Waals surface area (Å²) < 4.78 is 5.22. The zero-order chi connectivity index (χ0) is 14.8. The number of hydrogen-bond donors (Lipinski definition) is 1. The SMILES string of the molecule is Nc1nc(-c2ncco2)c(-c2ccncc2)cc1[N+](=O)[O-]. The van der Waals surface area contributed by atoms with Crippen molar-refractivity contribution in [2.24, 2.45) is 0 Å². The molecule has 3 rings (SSSR count). The molecule has 0 aliphatic carbocycles. The highest BCUT2D eigenvalue weighted by atomic mass is 16.6. The molecule has 0 atom stereocenters. The van der Waals surface area contributed by atoms with E-state index in [1.807, 2.05) is 0 Å². The first kappa shape index (κ1) is 12.7. The lowest BCUT2D eigenvalue weighted by Crippen LogP contribution is -2.01. The molecule has 0 aliphatic heterocycles. The summed E-state index contributed by atoms with van der Waals surface area (Å²) in [5.74, 6) is 0.0504. The highest BCUT2D eigenvalue weighted by Gasteiger charge is 2.21. The van der Waals surface area contributed by atoms with Crippen molar-refractivity contribution in [1.29, 1.82) is 0 Å². The molecule has 3 aromatic rings. The van der Waals surface area contributed by atoms with Gasteiger partial charge in [-0.25, -0.2) is 9.97 Å². The van der Waals surface area contributed by atoms with Gasteiger partial charge in [0.1, 0.15) is 12.0 Å². The minimum atomic E-state index is -0.577. The fourth-order valence-corrected chi connectivity index (χ4v) is 1.92. The van der Waals surface area contributed by atoms with Crippen LogP contribution in [0, 0.1) is 10.1 Å². The number of nitrogens with zero attached hydrogens (tertiary/aromatic N) is 4. The van der Waals surface area contributed by atoms with Gasteiger partial charge in [-0.05, 0) is 17.7 Å². The zero-order valence-corrected chi connectivity index (χ0v) is 10.6. The van der Waals surface area contributed by atoms with Crippen LogP contribution in [0.25, 0.3) is 22.7 Å². The molecule has 8 nitrogen and oxygen atoms in total. The second kappa shape index (κ2) is 5.00. The van der Waals surface area contributed by atoms with Gasteiger partial charge in [-0.15, -0.1) is 0 Å². The number of pyridine rings is 2. The standard InChI is InChI=1S/C13H9N5O3/c14-12-10(18(19)20)7-9(8-1-3-15-4-2-8)11(17-12)13-16-5-6-21-13/h1-7H,(H2,14,17). The molecule has 0 radical (unpaired) electrons. The van der Waals surface area contributed by atoms with Crippen molar-refractivity contribution in [2.75, 3.05) is 5.73 Å². The third-order valence-corrected chi connectivity index (χ3v) is 2.85. The molecule has 8 heteroatoms. The van der Waals surface area contributed by atoms with Gasteiger partial charge in [-0.2, -0.15) is 0 Å². The average Bonchev–Trinajstić information content (AvgIpc) is 3.01. The maximum atomic E-state index is 11.0. The lowest BCUT2D eigenvalue weighted by molar-refractivity contribution is -0.384. The van der Waals surface area contributed by atoms with Crippen molar-refractivity contribution < 1.29 is 9.34 Å². The van der Waals surface area contributed by atoms with Crippen molar-refractivity contribution in [2.45, 2.75) is 0 Å². The maximum Gasteiger partial charge on any atom is 0.311 e. The Morgan fingerprint density at radius 3 is 2.62 bits per heavy atom. The Balaban J connectivity index is 2.29. The molecule has 21 heavy (non-hydrogen) atoms. The van der Waals surface area contributed by atoms with E-state index in [9.17, 15) is 10.1 Å². The normalized spacial score (nSPS) is 10.5. The molecule has 2 N–H and O–H groups in total. The summed E-state index contributed by atoms with van der Waals surface area (Å²) in [6.07, 6.45) is 6.02. The van der Waals surface area contributed by atoms with Crippen molar-refractivity contribution >= 4 is 11.5 Å². The van der Waals surface area contributed by atoms with Crippen molar-refractivity contribution in [3.8, 4) is 22.7 Å². The second-order valence-corrected chi connectivity index (χ2v) is 4.12. The van der Waals surface area contributed by atoms with Gasteiger partial charge in [0.25, 0.3) is 0 Å². The lowest BCUT2D eigenvalue weighted by atomic mass is 10.0. The summed E-state index contributed by atoms with van der Waals surface area (Å²) >= 11 is 0. The first-order valence-corrected chi connectivity index (χ1v) is 5.92. The van der Waals surface area contributed by atoms with E-state index in [4.69, 9.17) is 10.2 Å². The predicted molar refractivity (Wildman–Crippen MR) is 74.0 cm³/mol. The summed E-state index contributed by atoms with van der Waals surface area (Å²) in [5, 5.41) is 11.0. The van der Waals surface area contributed by atoms with Crippen LogP contribution in [0.5, 0.6) is 0 Å². The largest absolute Gasteiger partial charge is 0.443 e. The molecule has 0 aromatic carbocycles. The molecule has 0 aliphatic rings. The van der Waals surface area contributed by atoms with Gasteiger partial charge in [0.15, 0.2) is 0 Å². The van der Waals surface area contributed by atoms with Gasteiger partial charge in [-0.3, -0.25) is 15.1 Å². The van der Waals surface area contributed by atoms with Crippen LogP contribution in [0.2, 0.25) is 0 Å². The highest BCUT2D eigenvalue weighted by Crippen LogP contribution is 2.34. The number of nitrogens with two attached hydrogens (primary N) is 1. The van der Waals surface area contributed by atoms with E-state index in [1.54, 1.807) is 24.5 Å². The molecule has 0 spiro atoms. The van der Waals surface area contributed by atoms with Gasteiger partial charge in [0.2, 0.25) is 11.7 Å². The molecule has 3 heterocycles. The number of hydrogen-bond acceptors (Lipinski definition) is 7. The Kier molecular flexibility index (Phi) is 3.03. The lowest BCUT2D eigenvalue weighted by Gasteiger charge is -2.07. The Morgan fingerprint density at radius 1 is 1.24 bits per heavy atom. The number of aromatic nitrogens is 3. The third-order valence-electron chi connectivity index (χ3n) is 2.85. The number of anilines is 1. The summed E-state index contributed by atoms with van der Waals surface area (Å²) in [5.41, 5.74) is 6.92. The van der Waals surface area contributed by atoms with Crippen LogP contribution in [0.4, 0.5) is 11.5 Å². The minimum absolute atomic E-state index is 0.189. The van der Waals surface area contributed by atoms with E-state index in [0.717, 1.165) is 0 Å². The van der Waals surface area contributed by atoms with E-state index < -0.39 is 4.92 Å². The average molecular weight is 283 g/mol. The number of nitrogen functional groups attached to an aromatic ring is 1. The molecule has 3 aromatic heterocycles. The molecule has 0 saturated heterocycles. The van der Waals surface area contributed by atoms with Crippen molar-refractivity contribution in [1.82, 2.24) is 15.0 Å². The van der Waals surface area contributed by atoms with Crippen molar-refractivity contribution in [3.05, 3.63) is 53.2 Å². The van der Waals surface area contributed by atoms with Crippen LogP contribution >= 0.6 is 0 Å². The van der Waals surface area contributed by atoms with Crippen LogP contribution in [0.1, 0.15) is 0 Å². The van der Waals surface area contributed by atoms with Gasteiger partial charge in [-0.1, -0.05) is 0 Å². The first-order valence-electron chi connectivity index (χ1n) is 5.92. The van der Waals surface area contributed by atoms with E-state index >= 15 is 0 Å².